The molecule has 0 unspecified atom stereocenters. The number of carbonyl (C=O) groups is 2. The summed E-state index contributed by atoms with van der Waals surface area (Å²) in [5, 5.41) is 2.77. The summed E-state index contributed by atoms with van der Waals surface area (Å²) in [6, 6.07) is 16.2. The molecular weight excluding hydrogens is 406 g/mol. The van der Waals surface area contributed by atoms with Crippen molar-refractivity contribution in [2.45, 2.75) is 6.42 Å². The molecule has 0 atom stereocenters. The number of anilines is 1. The van der Waals surface area contributed by atoms with Crippen LogP contribution in [0.25, 0.3) is 0 Å². The molecule has 3 aromatic rings. The second-order valence-corrected chi connectivity index (χ2v) is 7.51. The Morgan fingerprint density at radius 2 is 1.75 bits per heavy atom. The monoisotopic (exact) mass is 431 g/mol. The SMILES string of the molecule is O=C(Nc1ccc(OC(=O)N2CCN(CCc3cccnc3)CC2)nc1)c1ccccc1. The van der Waals surface area contributed by atoms with Crippen molar-refractivity contribution < 1.29 is 14.3 Å². The fourth-order valence-corrected chi connectivity index (χ4v) is 3.45. The molecule has 0 saturated carbocycles. The van der Waals surface area contributed by atoms with Crippen molar-refractivity contribution in [3.63, 3.8) is 0 Å². The highest BCUT2D eigenvalue weighted by atomic mass is 16.6. The lowest BCUT2D eigenvalue weighted by molar-refractivity contribution is 0.102. The van der Waals surface area contributed by atoms with Crippen LogP contribution < -0.4 is 10.1 Å². The molecule has 1 aliphatic heterocycles. The Morgan fingerprint density at radius 1 is 0.938 bits per heavy atom. The van der Waals surface area contributed by atoms with Crippen LogP contribution in [0.5, 0.6) is 5.88 Å². The summed E-state index contributed by atoms with van der Waals surface area (Å²) < 4.78 is 5.40. The van der Waals surface area contributed by atoms with Gasteiger partial charge in [0.1, 0.15) is 0 Å². The van der Waals surface area contributed by atoms with Gasteiger partial charge in [-0.2, -0.15) is 0 Å². The maximum atomic E-state index is 12.5. The molecule has 32 heavy (non-hydrogen) atoms. The zero-order valence-electron chi connectivity index (χ0n) is 17.7. The summed E-state index contributed by atoms with van der Waals surface area (Å²) >= 11 is 0. The maximum Gasteiger partial charge on any atom is 0.416 e. The van der Waals surface area contributed by atoms with Crippen LogP contribution in [0, 0.1) is 0 Å². The van der Waals surface area contributed by atoms with Crippen LogP contribution in [-0.4, -0.2) is 64.5 Å². The molecule has 2 amide bonds. The van der Waals surface area contributed by atoms with Crippen molar-refractivity contribution >= 4 is 17.7 Å². The van der Waals surface area contributed by atoms with Crippen LogP contribution >= 0.6 is 0 Å². The summed E-state index contributed by atoms with van der Waals surface area (Å²) in [5.41, 5.74) is 2.30. The number of nitrogens with one attached hydrogen (secondary N) is 1. The van der Waals surface area contributed by atoms with Gasteiger partial charge in [-0.3, -0.25) is 14.7 Å². The van der Waals surface area contributed by atoms with E-state index in [-0.39, 0.29) is 11.8 Å². The van der Waals surface area contributed by atoms with Gasteiger partial charge in [0, 0.05) is 56.7 Å². The van der Waals surface area contributed by atoms with Gasteiger partial charge in [-0.1, -0.05) is 24.3 Å². The number of carbonyl (C=O) groups excluding carboxylic acids is 2. The fourth-order valence-electron chi connectivity index (χ4n) is 3.45. The highest BCUT2D eigenvalue weighted by Crippen LogP contribution is 2.15. The van der Waals surface area contributed by atoms with Gasteiger partial charge in [-0.25, -0.2) is 9.78 Å². The Labute approximate surface area is 186 Å². The predicted octanol–water partition coefficient (Wildman–Crippen LogP) is 3.09. The average Bonchev–Trinajstić information content (AvgIpc) is 2.85. The minimum Gasteiger partial charge on any atom is -0.391 e. The summed E-state index contributed by atoms with van der Waals surface area (Å²) in [4.78, 5) is 37.0. The molecule has 164 valence electrons. The minimum absolute atomic E-state index is 0.201. The standard InChI is InChI=1S/C24H25N5O3/c30-23(20-6-2-1-3-7-20)27-21-8-9-22(26-18-21)32-24(31)29-15-13-28(14-16-29)12-10-19-5-4-11-25-17-19/h1-9,11,17-18H,10,12-16H2,(H,27,30). The lowest BCUT2D eigenvalue weighted by Gasteiger charge is -2.33. The zero-order valence-corrected chi connectivity index (χ0v) is 17.7. The van der Waals surface area contributed by atoms with Gasteiger partial charge in [0.15, 0.2) is 0 Å². The van der Waals surface area contributed by atoms with E-state index in [1.54, 1.807) is 47.5 Å². The van der Waals surface area contributed by atoms with E-state index in [9.17, 15) is 9.59 Å². The normalized spacial score (nSPS) is 14.1. The lowest BCUT2D eigenvalue weighted by Crippen LogP contribution is -2.50. The molecule has 1 N–H and O–H groups in total. The molecular formula is C24H25N5O3. The second-order valence-electron chi connectivity index (χ2n) is 7.51. The molecule has 0 aliphatic carbocycles. The number of amides is 2. The molecule has 2 aromatic heterocycles. The zero-order chi connectivity index (χ0) is 22.2. The van der Waals surface area contributed by atoms with E-state index in [4.69, 9.17) is 4.74 Å². The fraction of sp³-hybridized carbons (Fsp3) is 0.250. The Bertz CT molecular complexity index is 1020. The first-order chi connectivity index (χ1) is 15.7. The van der Waals surface area contributed by atoms with Crippen LogP contribution in [0.4, 0.5) is 10.5 Å². The van der Waals surface area contributed by atoms with Gasteiger partial charge in [0.2, 0.25) is 5.88 Å². The summed E-state index contributed by atoms with van der Waals surface area (Å²) in [6.07, 6.45) is 5.66. The molecule has 1 fully saturated rings. The Balaban J connectivity index is 1.21. The maximum absolute atomic E-state index is 12.5. The van der Waals surface area contributed by atoms with Crippen LogP contribution in [-0.2, 0) is 6.42 Å². The number of nitrogens with zero attached hydrogens (tertiary/aromatic N) is 4. The third-order valence-corrected chi connectivity index (χ3v) is 5.29. The van der Waals surface area contributed by atoms with E-state index in [1.165, 1.54) is 11.8 Å². The first-order valence-corrected chi connectivity index (χ1v) is 10.6. The molecule has 1 saturated heterocycles. The number of rotatable bonds is 6. The number of benzene rings is 1. The van der Waals surface area contributed by atoms with Gasteiger partial charge in [-0.15, -0.1) is 0 Å². The van der Waals surface area contributed by atoms with E-state index < -0.39 is 6.09 Å². The summed E-state index contributed by atoms with van der Waals surface area (Å²) in [5.74, 6) is -0.0229. The largest absolute Gasteiger partial charge is 0.416 e. The molecule has 8 heteroatoms. The molecule has 1 aliphatic rings. The quantitative estimate of drug-likeness (QED) is 0.645. The molecule has 0 spiro atoms. The number of aromatic nitrogens is 2. The van der Waals surface area contributed by atoms with E-state index in [2.05, 4.69) is 26.3 Å². The third-order valence-electron chi connectivity index (χ3n) is 5.29. The number of pyridine rings is 2. The van der Waals surface area contributed by atoms with Crippen LogP contribution in [0.2, 0.25) is 0 Å². The van der Waals surface area contributed by atoms with Crippen LogP contribution in [0.1, 0.15) is 15.9 Å². The molecule has 1 aromatic carbocycles. The first-order valence-electron chi connectivity index (χ1n) is 10.6. The molecule has 4 rings (SSSR count). The van der Waals surface area contributed by atoms with Crippen molar-refractivity contribution in [2.24, 2.45) is 0 Å². The molecule has 8 nitrogen and oxygen atoms in total. The Kier molecular flexibility index (Phi) is 7.04. The van der Waals surface area contributed by atoms with Gasteiger partial charge >= 0.3 is 6.09 Å². The number of hydrogen-bond donors (Lipinski definition) is 1. The van der Waals surface area contributed by atoms with Gasteiger partial charge in [-0.05, 0) is 36.2 Å². The Morgan fingerprint density at radius 3 is 2.44 bits per heavy atom. The first kappa shape index (κ1) is 21.5. The number of hydrogen-bond acceptors (Lipinski definition) is 6. The Hall–Kier alpha value is -3.78. The highest BCUT2D eigenvalue weighted by molar-refractivity contribution is 6.04. The van der Waals surface area contributed by atoms with Crippen molar-refractivity contribution in [3.8, 4) is 5.88 Å². The van der Waals surface area contributed by atoms with Crippen molar-refractivity contribution in [2.75, 3.05) is 38.0 Å². The van der Waals surface area contributed by atoms with Gasteiger partial charge in [0.25, 0.3) is 5.91 Å². The highest BCUT2D eigenvalue weighted by Gasteiger charge is 2.22. The van der Waals surface area contributed by atoms with Crippen molar-refractivity contribution in [1.29, 1.82) is 0 Å². The molecule has 3 heterocycles. The lowest BCUT2D eigenvalue weighted by atomic mass is 10.2. The smallest absolute Gasteiger partial charge is 0.391 e. The van der Waals surface area contributed by atoms with Gasteiger partial charge < -0.3 is 15.0 Å². The minimum atomic E-state index is -0.412. The van der Waals surface area contributed by atoms with Gasteiger partial charge in [0.05, 0.1) is 11.9 Å². The van der Waals surface area contributed by atoms with E-state index in [0.29, 0.717) is 24.3 Å². The third kappa shape index (κ3) is 5.89. The molecule has 0 bridgehead atoms. The van der Waals surface area contributed by atoms with E-state index in [1.807, 2.05) is 18.3 Å². The van der Waals surface area contributed by atoms with E-state index in [0.717, 1.165) is 26.1 Å². The van der Waals surface area contributed by atoms with Crippen molar-refractivity contribution in [1.82, 2.24) is 19.8 Å². The molecule has 0 radical (unpaired) electrons. The van der Waals surface area contributed by atoms with Crippen LogP contribution in [0.3, 0.4) is 0 Å². The van der Waals surface area contributed by atoms with Crippen LogP contribution in [0.15, 0.2) is 73.2 Å². The summed E-state index contributed by atoms with van der Waals surface area (Å²) in [6.45, 7) is 3.75. The van der Waals surface area contributed by atoms with E-state index >= 15 is 0 Å². The average molecular weight is 431 g/mol. The second kappa shape index (κ2) is 10.5. The number of ether oxygens (including phenoxy) is 1. The predicted molar refractivity (Wildman–Crippen MR) is 121 cm³/mol. The topological polar surface area (TPSA) is 87.7 Å². The summed E-state index contributed by atoms with van der Waals surface area (Å²) in [7, 11) is 0. The number of piperazine rings is 1. The van der Waals surface area contributed by atoms with Crippen molar-refractivity contribution in [3.05, 3.63) is 84.3 Å².